The molecule has 0 fully saturated rings. The summed E-state index contributed by atoms with van der Waals surface area (Å²) in [5.74, 6) is 0.865. The van der Waals surface area contributed by atoms with E-state index in [9.17, 15) is 8.42 Å². The zero-order valence-electron chi connectivity index (χ0n) is 13.3. The van der Waals surface area contributed by atoms with Crippen molar-refractivity contribution in [1.29, 1.82) is 0 Å². The predicted molar refractivity (Wildman–Crippen MR) is 86.0 cm³/mol. The van der Waals surface area contributed by atoms with Crippen molar-refractivity contribution in [2.24, 2.45) is 0 Å². The Labute approximate surface area is 128 Å². The van der Waals surface area contributed by atoms with Crippen LogP contribution in [0.25, 0.3) is 0 Å². The van der Waals surface area contributed by atoms with Crippen LogP contribution in [0.15, 0.2) is 24.3 Å². The molecule has 0 aliphatic carbocycles. The highest BCUT2D eigenvalue weighted by atomic mass is 32.2. The molecule has 2 N–H and O–H groups in total. The number of hydrogen-bond acceptors (Lipinski definition) is 4. The molecule has 1 rings (SSSR count). The molecule has 0 unspecified atom stereocenters. The summed E-state index contributed by atoms with van der Waals surface area (Å²) < 4.78 is 30.7. The molecule has 5 nitrogen and oxygen atoms in total. The monoisotopic (exact) mass is 314 g/mol. The minimum Gasteiger partial charge on any atom is -0.494 e. The minimum atomic E-state index is -3.20. The lowest BCUT2D eigenvalue weighted by Crippen LogP contribution is -2.49. The third-order valence-electron chi connectivity index (χ3n) is 2.73. The summed E-state index contributed by atoms with van der Waals surface area (Å²) in [4.78, 5) is 0. The second-order valence-electron chi connectivity index (χ2n) is 5.86. The van der Waals surface area contributed by atoms with E-state index in [-0.39, 0.29) is 0 Å². The molecular weight excluding hydrogens is 288 g/mol. The van der Waals surface area contributed by atoms with Crippen LogP contribution in [0.2, 0.25) is 0 Å². The summed E-state index contributed by atoms with van der Waals surface area (Å²) in [6, 6.07) is 7.92. The highest BCUT2D eigenvalue weighted by Crippen LogP contribution is 2.13. The Balaban J connectivity index is 2.48. The summed E-state index contributed by atoms with van der Waals surface area (Å²) in [5.41, 5.74) is 0.586. The Kier molecular flexibility index (Phi) is 6.64. The molecule has 0 heterocycles. The fourth-order valence-electron chi connectivity index (χ4n) is 2.02. The van der Waals surface area contributed by atoms with Gasteiger partial charge in [0.15, 0.2) is 0 Å². The summed E-state index contributed by atoms with van der Waals surface area (Å²) in [6.45, 7) is 7.69. The Morgan fingerprint density at radius 3 is 2.62 bits per heavy atom. The van der Waals surface area contributed by atoms with Crippen molar-refractivity contribution in [1.82, 2.24) is 10.0 Å². The van der Waals surface area contributed by atoms with E-state index in [1.165, 1.54) is 6.26 Å². The van der Waals surface area contributed by atoms with Gasteiger partial charge in [-0.05, 0) is 38.0 Å². The lowest BCUT2D eigenvalue weighted by atomic mass is 10.1. The van der Waals surface area contributed by atoms with Crippen molar-refractivity contribution in [3.8, 4) is 5.75 Å². The maximum Gasteiger partial charge on any atom is 0.209 e. The van der Waals surface area contributed by atoms with Gasteiger partial charge in [-0.25, -0.2) is 13.1 Å². The van der Waals surface area contributed by atoms with Gasteiger partial charge in [0.25, 0.3) is 0 Å². The van der Waals surface area contributed by atoms with Crippen LogP contribution >= 0.6 is 0 Å². The SMILES string of the molecule is CCCOc1cccc(CNCC(C)(C)NS(C)(=O)=O)c1. The summed E-state index contributed by atoms with van der Waals surface area (Å²) in [5, 5.41) is 3.27. The van der Waals surface area contributed by atoms with Crippen LogP contribution in [-0.4, -0.2) is 33.4 Å². The lowest BCUT2D eigenvalue weighted by molar-refractivity contribution is 0.317. The van der Waals surface area contributed by atoms with Gasteiger partial charge in [-0.1, -0.05) is 19.1 Å². The molecule has 0 aliphatic heterocycles. The van der Waals surface area contributed by atoms with Gasteiger partial charge in [0.05, 0.1) is 12.9 Å². The van der Waals surface area contributed by atoms with E-state index in [4.69, 9.17) is 4.74 Å². The number of nitrogens with one attached hydrogen (secondary N) is 2. The fourth-order valence-corrected chi connectivity index (χ4v) is 3.10. The van der Waals surface area contributed by atoms with Crippen molar-refractivity contribution in [3.63, 3.8) is 0 Å². The maximum atomic E-state index is 11.3. The van der Waals surface area contributed by atoms with Crippen LogP contribution in [0.5, 0.6) is 5.75 Å². The number of sulfonamides is 1. The van der Waals surface area contributed by atoms with E-state index >= 15 is 0 Å². The van der Waals surface area contributed by atoms with Gasteiger partial charge in [0.2, 0.25) is 10.0 Å². The van der Waals surface area contributed by atoms with Crippen molar-refractivity contribution in [2.75, 3.05) is 19.4 Å². The van der Waals surface area contributed by atoms with E-state index in [1.807, 2.05) is 38.1 Å². The summed E-state index contributed by atoms with van der Waals surface area (Å²) in [7, 11) is -3.20. The first-order chi connectivity index (χ1) is 9.72. The first kappa shape index (κ1) is 17.9. The molecule has 1 aromatic rings. The lowest BCUT2D eigenvalue weighted by Gasteiger charge is -2.25. The molecule has 120 valence electrons. The topological polar surface area (TPSA) is 67.4 Å². The van der Waals surface area contributed by atoms with E-state index in [2.05, 4.69) is 17.0 Å². The molecule has 0 bridgehead atoms. The third kappa shape index (κ3) is 8.04. The van der Waals surface area contributed by atoms with Crippen molar-refractivity contribution in [2.45, 2.75) is 39.3 Å². The second-order valence-corrected chi connectivity index (χ2v) is 7.61. The van der Waals surface area contributed by atoms with Gasteiger partial charge >= 0.3 is 0 Å². The van der Waals surface area contributed by atoms with Crippen LogP contribution < -0.4 is 14.8 Å². The molecule has 0 amide bonds. The van der Waals surface area contributed by atoms with Crippen LogP contribution in [0, 0.1) is 0 Å². The molecule has 0 aliphatic rings. The van der Waals surface area contributed by atoms with Crippen molar-refractivity contribution in [3.05, 3.63) is 29.8 Å². The molecule has 0 atom stereocenters. The molecular formula is C15H26N2O3S. The number of benzene rings is 1. The largest absolute Gasteiger partial charge is 0.494 e. The normalized spacial score (nSPS) is 12.4. The van der Waals surface area contributed by atoms with Gasteiger partial charge in [0, 0.05) is 18.6 Å². The molecule has 1 aromatic carbocycles. The average molecular weight is 314 g/mol. The molecule has 0 radical (unpaired) electrons. The van der Waals surface area contributed by atoms with E-state index in [0.29, 0.717) is 19.7 Å². The first-order valence-corrected chi connectivity index (χ1v) is 9.02. The maximum absolute atomic E-state index is 11.3. The Morgan fingerprint density at radius 1 is 1.29 bits per heavy atom. The fraction of sp³-hybridized carbons (Fsp3) is 0.600. The Hall–Kier alpha value is -1.11. The predicted octanol–water partition coefficient (Wildman–Crippen LogP) is 1.89. The second kappa shape index (κ2) is 7.77. The highest BCUT2D eigenvalue weighted by molar-refractivity contribution is 7.88. The van der Waals surface area contributed by atoms with Crippen LogP contribution in [0.4, 0.5) is 0 Å². The molecule has 0 spiro atoms. The highest BCUT2D eigenvalue weighted by Gasteiger charge is 2.21. The van der Waals surface area contributed by atoms with Crippen LogP contribution in [0.3, 0.4) is 0 Å². The van der Waals surface area contributed by atoms with Crippen LogP contribution in [-0.2, 0) is 16.6 Å². The quantitative estimate of drug-likeness (QED) is 0.730. The van der Waals surface area contributed by atoms with E-state index in [1.54, 1.807) is 0 Å². The van der Waals surface area contributed by atoms with Crippen molar-refractivity contribution < 1.29 is 13.2 Å². The Morgan fingerprint density at radius 2 is 2.00 bits per heavy atom. The van der Waals surface area contributed by atoms with Gasteiger partial charge in [0.1, 0.15) is 5.75 Å². The van der Waals surface area contributed by atoms with Gasteiger partial charge in [-0.2, -0.15) is 0 Å². The number of ether oxygens (including phenoxy) is 1. The minimum absolute atomic E-state index is 0.524. The first-order valence-electron chi connectivity index (χ1n) is 7.13. The zero-order chi connectivity index (χ0) is 15.9. The molecule has 0 saturated carbocycles. The summed E-state index contributed by atoms with van der Waals surface area (Å²) >= 11 is 0. The summed E-state index contributed by atoms with van der Waals surface area (Å²) in [6.07, 6.45) is 2.15. The van der Waals surface area contributed by atoms with Crippen LogP contribution in [0.1, 0.15) is 32.8 Å². The van der Waals surface area contributed by atoms with Gasteiger partial charge in [-0.15, -0.1) is 0 Å². The zero-order valence-corrected chi connectivity index (χ0v) is 14.1. The van der Waals surface area contributed by atoms with Crippen molar-refractivity contribution >= 4 is 10.0 Å². The molecule has 0 aromatic heterocycles. The van der Waals surface area contributed by atoms with E-state index < -0.39 is 15.6 Å². The van der Waals surface area contributed by atoms with E-state index in [0.717, 1.165) is 17.7 Å². The number of rotatable bonds is 9. The molecule has 6 heteroatoms. The smallest absolute Gasteiger partial charge is 0.209 e. The van der Waals surface area contributed by atoms with Gasteiger partial charge in [-0.3, -0.25) is 0 Å². The molecule has 0 saturated heterocycles. The standard InChI is InChI=1S/C15H26N2O3S/c1-5-9-20-14-8-6-7-13(10-14)11-16-12-15(2,3)17-21(4,18)19/h6-8,10,16-17H,5,9,11-12H2,1-4H3. The van der Waals surface area contributed by atoms with Gasteiger partial charge < -0.3 is 10.1 Å². The number of hydrogen-bond donors (Lipinski definition) is 2. The molecule has 21 heavy (non-hydrogen) atoms. The third-order valence-corrected chi connectivity index (χ3v) is 3.65. The average Bonchev–Trinajstić information content (AvgIpc) is 2.33. The Bertz CT molecular complexity index is 542.